The molecule has 2 aromatic rings. The van der Waals surface area contributed by atoms with Crippen LogP contribution in [0.4, 0.5) is 5.69 Å². The van der Waals surface area contributed by atoms with Crippen LogP contribution < -0.4 is 19.5 Å². The second kappa shape index (κ2) is 7.35. The maximum atomic E-state index is 12.4. The standard InChI is InChI=1S/C18H20N2O5S/c1-12(2)24-13-7-9-14(10-8-13)26(22,23)19-11-17-18(21)20-15-5-3-4-6-16(15)25-17/h3-10,12,17,19H,11H2,1-2H3,(H,20,21). The quantitative estimate of drug-likeness (QED) is 0.806. The number of hydrogen-bond acceptors (Lipinski definition) is 5. The largest absolute Gasteiger partial charge is 0.491 e. The number of benzene rings is 2. The highest BCUT2D eigenvalue weighted by molar-refractivity contribution is 7.89. The minimum Gasteiger partial charge on any atom is -0.491 e. The van der Waals surface area contributed by atoms with Crippen LogP contribution in [0.3, 0.4) is 0 Å². The first-order valence-corrected chi connectivity index (χ1v) is 9.66. The van der Waals surface area contributed by atoms with Gasteiger partial charge in [0.05, 0.1) is 23.2 Å². The number of nitrogens with one attached hydrogen (secondary N) is 2. The second-order valence-electron chi connectivity index (χ2n) is 6.08. The number of fused-ring (bicyclic) bond motifs is 1. The van der Waals surface area contributed by atoms with Crippen LogP contribution in [-0.4, -0.2) is 33.1 Å². The Hall–Kier alpha value is -2.58. The average Bonchev–Trinajstić information content (AvgIpc) is 2.60. The molecule has 1 atom stereocenters. The molecule has 1 aliphatic heterocycles. The van der Waals surface area contributed by atoms with Crippen LogP contribution in [0.1, 0.15) is 13.8 Å². The Morgan fingerprint density at radius 1 is 1.15 bits per heavy atom. The Morgan fingerprint density at radius 2 is 1.85 bits per heavy atom. The van der Waals surface area contributed by atoms with E-state index in [2.05, 4.69) is 10.0 Å². The molecule has 1 unspecified atom stereocenters. The lowest BCUT2D eigenvalue weighted by Gasteiger charge is -2.25. The fraction of sp³-hybridized carbons (Fsp3) is 0.278. The van der Waals surface area contributed by atoms with Gasteiger partial charge >= 0.3 is 0 Å². The molecular formula is C18H20N2O5S. The van der Waals surface area contributed by atoms with Gasteiger partial charge in [-0.25, -0.2) is 13.1 Å². The van der Waals surface area contributed by atoms with E-state index in [1.807, 2.05) is 13.8 Å². The van der Waals surface area contributed by atoms with Gasteiger partial charge in [0.2, 0.25) is 10.0 Å². The van der Waals surface area contributed by atoms with Crippen LogP contribution in [-0.2, 0) is 14.8 Å². The first-order valence-electron chi connectivity index (χ1n) is 8.18. The van der Waals surface area contributed by atoms with Crippen molar-refractivity contribution in [1.29, 1.82) is 0 Å². The summed E-state index contributed by atoms with van der Waals surface area (Å²) in [6, 6.07) is 13.1. The van der Waals surface area contributed by atoms with Crippen molar-refractivity contribution in [3.63, 3.8) is 0 Å². The van der Waals surface area contributed by atoms with Crippen LogP contribution in [0.5, 0.6) is 11.5 Å². The maximum absolute atomic E-state index is 12.4. The molecule has 7 nitrogen and oxygen atoms in total. The topological polar surface area (TPSA) is 93.7 Å². The van der Waals surface area contributed by atoms with Crippen molar-refractivity contribution in [2.75, 3.05) is 11.9 Å². The van der Waals surface area contributed by atoms with Gasteiger partial charge in [-0.1, -0.05) is 12.1 Å². The summed E-state index contributed by atoms with van der Waals surface area (Å²) < 4.78 is 38.3. The third kappa shape index (κ3) is 4.14. The lowest BCUT2D eigenvalue weighted by Crippen LogP contribution is -2.45. The molecule has 0 radical (unpaired) electrons. The van der Waals surface area contributed by atoms with Gasteiger partial charge in [-0.15, -0.1) is 0 Å². The highest BCUT2D eigenvalue weighted by Crippen LogP contribution is 2.28. The van der Waals surface area contributed by atoms with E-state index in [-0.39, 0.29) is 17.5 Å². The highest BCUT2D eigenvalue weighted by atomic mass is 32.2. The zero-order chi connectivity index (χ0) is 18.7. The van der Waals surface area contributed by atoms with E-state index in [0.717, 1.165) is 0 Å². The van der Waals surface area contributed by atoms with E-state index in [0.29, 0.717) is 17.2 Å². The lowest BCUT2D eigenvalue weighted by molar-refractivity contribution is -0.123. The van der Waals surface area contributed by atoms with E-state index in [9.17, 15) is 13.2 Å². The van der Waals surface area contributed by atoms with Crippen molar-refractivity contribution in [2.24, 2.45) is 0 Å². The van der Waals surface area contributed by atoms with Crippen LogP contribution in [0.2, 0.25) is 0 Å². The predicted molar refractivity (Wildman–Crippen MR) is 96.9 cm³/mol. The summed E-state index contributed by atoms with van der Waals surface area (Å²) in [5, 5.41) is 2.70. The van der Waals surface area contributed by atoms with Gasteiger partial charge < -0.3 is 14.8 Å². The number of carbonyl (C=O) groups is 1. The van der Waals surface area contributed by atoms with Gasteiger partial charge in [0.15, 0.2) is 6.10 Å². The molecule has 0 aliphatic carbocycles. The van der Waals surface area contributed by atoms with E-state index in [4.69, 9.17) is 9.47 Å². The summed E-state index contributed by atoms with van der Waals surface area (Å²) in [7, 11) is -3.77. The molecule has 0 spiro atoms. The summed E-state index contributed by atoms with van der Waals surface area (Å²) in [5.74, 6) is 0.698. The number of anilines is 1. The molecule has 0 fully saturated rings. The SMILES string of the molecule is CC(C)Oc1ccc(S(=O)(=O)NCC2Oc3ccccc3NC2=O)cc1. The number of hydrogen-bond donors (Lipinski definition) is 2. The number of ether oxygens (including phenoxy) is 2. The summed E-state index contributed by atoms with van der Waals surface area (Å²) in [6.07, 6.45) is -0.941. The zero-order valence-corrected chi connectivity index (χ0v) is 15.2. The Bertz CT molecular complexity index is 894. The first-order chi connectivity index (χ1) is 12.3. The van der Waals surface area contributed by atoms with Crippen molar-refractivity contribution in [2.45, 2.75) is 31.0 Å². The van der Waals surface area contributed by atoms with E-state index >= 15 is 0 Å². The summed E-state index contributed by atoms with van der Waals surface area (Å²) in [6.45, 7) is 3.60. The Labute approximate surface area is 152 Å². The molecule has 2 aromatic carbocycles. The van der Waals surface area contributed by atoms with Crippen LogP contribution in [0.15, 0.2) is 53.4 Å². The number of carbonyl (C=O) groups excluding carboxylic acids is 1. The van der Waals surface area contributed by atoms with E-state index in [1.165, 1.54) is 12.1 Å². The normalized spacial score (nSPS) is 16.6. The van der Waals surface area contributed by atoms with Gasteiger partial charge in [-0.3, -0.25) is 4.79 Å². The molecule has 26 heavy (non-hydrogen) atoms. The Kier molecular flexibility index (Phi) is 5.15. The number of sulfonamides is 1. The number of rotatable bonds is 6. The Balaban J connectivity index is 1.66. The lowest BCUT2D eigenvalue weighted by atomic mass is 10.2. The van der Waals surface area contributed by atoms with Crippen molar-refractivity contribution in [1.82, 2.24) is 4.72 Å². The molecule has 8 heteroatoms. The summed E-state index contributed by atoms with van der Waals surface area (Å²) >= 11 is 0. The van der Waals surface area contributed by atoms with Gasteiger partial charge in [0.25, 0.3) is 5.91 Å². The number of amides is 1. The predicted octanol–water partition coefficient (Wildman–Crippen LogP) is 2.15. The molecule has 1 amide bonds. The average molecular weight is 376 g/mol. The van der Waals surface area contributed by atoms with Crippen LogP contribution in [0.25, 0.3) is 0 Å². The van der Waals surface area contributed by atoms with Gasteiger partial charge in [-0.05, 0) is 50.2 Å². The van der Waals surface area contributed by atoms with Gasteiger partial charge in [-0.2, -0.15) is 0 Å². The van der Waals surface area contributed by atoms with E-state index in [1.54, 1.807) is 36.4 Å². The Morgan fingerprint density at radius 3 is 2.54 bits per heavy atom. The second-order valence-corrected chi connectivity index (χ2v) is 7.85. The van der Waals surface area contributed by atoms with Gasteiger partial charge in [0, 0.05) is 0 Å². The summed E-state index contributed by atoms with van der Waals surface area (Å²) in [4.78, 5) is 12.2. The smallest absolute Gasteiger partial charge is 0.266 e. The molecule has 2 N–H and O–H groups in total. The summed E-state index contributed by atoms with van der Waals surface area (Å²) in [5.41, 5.74) is 0.567. The van der Waals surface area contributed by atoms with E-state index < -0.39 is 22.0 Å². The molecule has 0 saturated carbocycles. The van der Waals surface area contributed by atoms with Crippen LogP contribution >= 0.6 is 0 Å². The third-order valence-electron chi connectivity index (χ3n) is 3.67. The molecule has 0 aromatic heterocycles. The molecular weight excluding hydrogens is 356 g/mol. The number of para-hydroxylation sites is 2. The minimum absolute atomic E-state index is 0.000391. The zero-order valence-electron chi connectivity index (χ0n) is 14.4. The maximum Gasteiger partial charge on any atom is 0.266 e. The monoisotopic (exact) mass is 376 g/mol. The third-order valence-corrected chi connectivity index (χ3v) is 5.11. The van der Waals surface area contributed by atoms with Crippen molar-refractivity contribution in [3.05, 3.63) is 48.5 Å². The highest BCUT2D eigenvalue weighted by Gasteiger charge is 2.29. The molecule has 1 heterocycles. The molecule has 3 rings (SSSR count). The van der Waals surface area contributed by atoms with Crippen LogP contribution in [0, 0.1) is 0 Å². The molecule has 138 valence electrons. The molecule has 0 bridgehead atoms. The van der Waals surface area contributed by atoms with Crippen molar-refractivity contribution >= 4 is 21.6 Å². The first kappa shape index (κ1) is 18.2. The van der Waals surface area contributed by atoms with Crippen molar-refractivity contribution in [3.8, 4) is 11.5 Å². The van der Waals surface area contributed by atoms with Gasteiger partial charge in [0.1, 0.15) is 11.5 Å². The minimum atomic E-state index is -3.77. The molecule has 1 aliphatic rings. The molecule has 0 saturated heterocycles. The van der Waals surface area contributed by atoms with Crippen molar-refractivity contribution < 1.29 is 22.7 Å². The fourth-order valence-corrected chi connectivity index (χ4v) is 3.50. The fourth-order valence-electron chi connectivity index (χ4n) is 2.47.